The van der Waals surface area contributed by atoms with E-state index < -0.39 is 0 Å². The van der Waals surface area contributed by atoms with Crippen molar-refractivity contribution < 1.29 is 9.63 Å². The summed E-state index contributed by atoms with van der Waals surface area (Å²) in [4.78, 5) is 16.8. The van der Waals surface area contributed by atoms with Crippen LogP contribution >= 0.6 is 0 Å². The zero-order chi connectivity index (χ0) is 12.3. The molecule has 90 valence electrons. The van der Waals surface area contributed by atoms with E-state index in [0.717, 1.165) is 11.1 Å². The Morgan fingerprint density at radius 2 is 2.29 bits per heavy atom. The van der Waals surface area contributed by atoms with Gasteiger partial charge in [0, 0.05) is 6.42 Å². The molecular formula is C13H16N2O2. The number of amidine groups is 1. The molecule has 0 radical (unpaired) electrons. The molecule has 1 atom stereocenters. The Morgan fingerprint density at radius 3 is 2.94 bits per heavy atom. The summed E-state index contributed by atoms with van der Waals surface area (Å²) in [6.07, 6.45) is 1.10. The highest BCUT2D eigenvalue weighted by Gasteiger charge is 2.18. The van der Waals surface area contributed by atoms with Gasteiger partial charge in [-0.1, -0.05) is 29.4 Å². The summed E-state index contributed by atoms with van der Waals surface area (Å²) in [5.74, 6) is 0.576. The zero-order valence-electron chi connectivity index (χ0n) is 10.1. The van der Waals surface area contributed by atoms with E-state index in [-0.39, 0.29) is 12.0 Å². The predicted octanol–water partition coefficient (Wildman–Crippen LogP) is 1.78. The average Bonchev–Trinajstić information content (AvgIpc) is 2.67. The van der Waals surface area contributed by atoms with Crippen molar-refractivity contribution in [1.29, 1.82) is 0 Å². The van der Waals surface area contributed by atoms with Crippen LogP contribution in [0.1, 0.15) is 24.5 Å². The lowest BCUT2D eigenvalue weighted by atomic mass is 10.1. The van der Waals surface area contributed by atoms with Crippen LogP contribution in [-0.4, -0.2) is 17.8 Å². The normalized spacial score (nSPS) is 18.5. The van der Waals surface area contributed by atoms with Gasteiger partial charge in [0.25, 0.3) is 0 Å². The summed E-state index contributed by atoms with van der Waals surface area (Å²) in [7, 11) is 0. The number of hydrogen-bond donors (Lipinski definition) is 1. The minimum atomic E-state index is -0.0456. The lowest BCUT2D eigenvalue weighted by Crippen LogP contribution is -2.31. The van der Waals surface area contributed by atoms with E-state index in [1.54, 1.807) is 0 Å². The summed E-state index contributed by atoms with van der Waals surface area (Å²) < 4.78 is 0. The first-order valence-corrected chi connectivity index (χ1v) is 5.72. The number of rotatable bonds is 2. The van der Waals surface area contributed by atoms with Crippen LogP contribution in [0.15, 0.2) is 29.4 Å². The fourth-order valence-electron chi connectivity index (χ4n) is 1.76. The lowest BCUT2D eigenvalue weighted by molar-refractivity contribution is -0.119. The maximum atomic E-state index is 11.8. The van der Waals surface area contributed by atoms with Gasteiger partial charge in [0.05, 0.1) is 6.42 Å². The second kappa shape index (κ2) is 4.99. The van der Waals surface area contributed by atoms with E-state index in [2.05, 4.69) is 10.5 Å². The van der Waals surface area contributed by atoms with Crippen molar-refractivity contribution >= 4 is 11.7 Å². The first kappa shape index (κ1) is 11.6. The average molecular weight is 232 g/mol. The van der Waals surface area contributed by atoms with E-state index >= 15 is 0 Å². The number of aryl methyl sites for hydroxylation is 1. The van der Waals surface area contributed by atoms with E-state index in [0.29, 0.717) is 18.7 Å². The number of amides is 1. The van der Waals surface area contributed by atoms with Crippen molar-refractivity contribution in [2.75, 3.05) is 0 Å². The molecule has 1 unspecified atom stereocenters. The molecular weight excluding hydrogens is 216 g/mol. The highest BCUT2D eigenvalue weighted by atomic mass is 16.6. The largest absolute Gasteiger partial charge is 0.391 e. The minimum Gasteiger partial charge on any atom is -0.391 e. The molecule has 1 heterocycles. The Bertz CT molecular complexity index is 454. The Labute approximate surface area is 101 Å². The third kappa shape index (κ3) is 3.06. The Morgan fingerprint density at radius 1 is 1.53 bits per heavy atom. The summed E-state index contributed by atoms with van der Waals surface area (Å²) in [6, 6.07) is 7.87. The molecule has 1 aliphatic rings. The first-order chi connectivity index (χ1) is 8.15. The van der Waals surface area contributed by atoms with E-state index in [1.165, 1.54) is 0 Å². The molecule has 0 spiro atoms. The summed E-state index contributed by atoms with van der Waals surface area (Å²) in [6.45, 7) is 3.92. The number of benzene rings is 1. The van der Waals surface area contributed by atoms with Gasteiger partial charge in [-0.2, -0.15) is 0 Å². The number of oxime groups is 1. The van der Waals surface area contributed by atoms with Gasteiger partial charge in [-0.05, 0) is 25.0 Å². The molecule has 4 nitrogen and oxygen atoms in total. The molecule has 0 bridgehead atoms. The molecule has 0 saturated carbocycles. The predicted molar refractivity (Wildman–Crippen MR) is 65.6 cm³/mol. The van der Waals surface area contributed by atoms with Gasteiger partial charge < -0.3 is 10.2 Å². The SMILES string of the molecule is Cc1ccccc1CC(=O)NC1=NOC(C)C1. The van der Waals surface area contributed by atoms with Crippen LogP contribution in [0.4, 0.5) is 0 Å². The zero-order valence-corrected chi connectivity index (χ0v) is 10.1. The Hall–Kier alpha value is -1.84. The molecule has 17 heavy (non-hydrogen) atoms. The monoisotopic (exact) mass is 232 g/mol. The molecule has 2 rings (SSSR count). The fourth-order valence-corrected chi connectivity index (χ4v) is 1.76. The van der Waals surface area contributed by atoms with Gasteiger partial charge in [-0.3, -0.25) is 4.79 Å². The van der Waals surface area contributed by atoms with Crippen molar-refractivity contribution in [3.63, 3.8) is 0 Å². The third-order valence-electron chi connectivity index (χ3n) is 2.72. The number of carbonyl (C=O) groups excluding carboxylic acids is 1. The molecule has 0 aliphatic carbocycles. The maximum absolute atomic E-state index is 11.8. The van der Waals surface area contributed by atoms with E-state index in [4.69, 9.17) is 4.84 Å². The molecule has 1 aliphatic heterocycles. The van der Waals surface area contributed by atoms with Crippen molar-refractivity contribution in [2.45, 2.75) is 32.8 Å². The number of nitrogens with zero attached hydrogens (tertiary/aromatic N) is 1. The first-order valence-electron chi connectivity index (χ1n) is 5.72. The maximum Gasteiger partial charge on any atom is 0.229 e. The third-order valence-corrected chi connectivity index (χ3v) is 2.72. The van der Waals surface area contributed by atoms with Gasteiger partial charge in [-0.15, -0.1) is 0 Å². The summed E-state index contributed by atoms with van der Waals surface area (Å²) in [5.41, 5.74) is 2.16. The second-order valence-corrected chi connectivity index (χ2v) is 4.31. The van der Waals surface area contributed by atoms with Gasteiger partial charge in [0.15, 0.2) is 5.84 Å². The highest BCUT2D eigenvalue weighted by Crippen LogP contribution is 2.09. The van der Waals surface area contributed by atoms with Gasteiger partial charge >= 0.3 is 0 Å². The topological polar surface area (TPSA) is 50.7 Å². The van der Waals surface area contributed by atoms with Crippen molar-refractivity contribution in [3.8, 4) is 0 Å². The van der Waals surface area contributed by atoms with Crippen LogP contribution in [0.2, 0.25) is 0 Å². The fraction of sp³-hybridized carbons (Fsp3) is 0.385. The quantitative estimate of drug-likeness (QED) is 0.845. The summed E-state index contributed by atoms with van der Waals surface area (Å²) in [5, 5.41) is 6.58. The lowest BCUT2D eigenvalue weighted by Gasteiger charge is -2.06. The standard InChI is InChI=1S/C13H16N2O2/c1-9-5-3-4-6-11(9)8-13(16)14-12-7-10(2)17-15-12/h3-6,10H,7-8H2,1-2H3,(H,14,15,16). The number of nitrogens with one attached hydrogen (secondary N) is 1. The minimum absolute atomic E-state index is 0.0456. The van der Waals surface area contributed by atoms with Crippen LogP contribution in [0, 0.1) is 6.92 Å². The molecule has 0 saturated heterocycles. The molecule has 0 fully saturated rings. The second-order valence-electron chi connectivity index (χ2n) is 4.31. The molecule has 4 heteroatoms. The molecule has 0 aromatic heterocycles. The van der Waals surface area contributed by atoms with Crippen LogP contribution in [0.25, 0.3) is 0 Å². The van der Waals surface area contributed by atoms with Crippen LogP contribution in [-0.2, 0) is 16.1 Å². The highest BCUT2D eigenvalue weighted by molar-refractivity contribution is 5.99. The number of hydrogen-bond acceptors (Lipinski definition) is 3. The van der Waals surface area contributed by atoms with Crippen molar-refractivity contribution in [2.24, 2.45) is 5.16 Å². The molecule has 1 amide bonds. The van der Waals surface area contributed by atoms with Crippen LogP contribution in [0.3, 0.4) is 0 Å². The van der Waals surface area contributed by atoms with Gasteiger partial charge in [0.2, 0.25) is 5.91 Å². The van der Waals surface area contributed by atoms with Crippen molar-refractivity contribution in [1.82, 2.24) is 5.32 Å². The van der Waals surface area contributed by atoms with E-state index in [9.17, 15) is 4.79 Å². The van der Waals surface area contributed by atoms with E-state index in [1.807, 2.05) is 38.1 Å². The van der Waals surface area contributed by atoms with Crippen LogP contribution in [0.5, 0.6) is 0 Å². The Balaban J connectivity index is 1.92. The van der Waals surface area contributed by atoms with Crippen LogP contribution < -0.4 is 5.32 Å². The smallest absolute Gasteiger partial charge is 0.229 e. The molecule has 1 aromatic carbocycles. The van der Waals surface area contributed by atoms with Crippen molar-refractivity contribution in [3.05, 3.63) is 35.4 Å². The number of carbonyl (C=O) groups is 1. The van der Waals surface area contributed by atoms with Gasteiger partial charge in [-0.25, -0.2) is 0 Å². The molecule has 1 N–H and O–H groups in total. The summed E-state index contributed by atoms with van der Waals surface area (Å²) >= 11 is 0. The Kier molecular flexibility index (Phi) is 3.42. The van der Waals surface area contributed by atoms with Gasteiger partial charge in [0.1, 0.15) is 6.10 Å². The molecule has 1 aromatic rings.